The molecule has 0 saturated heterocycles. The van der Waals surface area contributed by atoms with E-state index in [1.807, 2.05) is 0 Å². The smallest absolute Gasteiger partial charge is 0.341 e. The number of amides is 1. The second-order valence-corrected chi connectivity index (χ2v) is 9.56. The first-order valence-electron chi connectivity index (χ1n) is 11.3. The number of thiocarbonyl (C=S) groups is 1. The molecule has 3 rings (SSSR count). The minimum atomic E-state index is -1.04. The van der Waals surface area contributed by atoms with Gasteiger partial charge in [-0.2, -0.15) is 0 Å². The summed E-state index contributed by atoms with van der Waals surface area (Å²) in [6.07, 6.45) is 3.84. The van der Waals surface area contributed by atoms with E-state index in [0.29, 0.717) is 16.1 Å². The van der Waals surface area contributed by atoms with Gasteiger partial charge in [-0.3, -0.25) is 25.8 Å². The number of carbonyl (C=O) groups is 2. The molecule has 1 aromatic carbocycles. The number of esters is 1. The molecule has 0 aliphatic heterocycles. The van der Waals surface area contributed by atoms with E-state index in [9.17, 15) is 19.7 Å². The molecule has 12 heteroatoms. The van der Waals surface area contributed by atoms with E-state index >= 15 is 0 Å². The molecule has 35 heavy (non-hydrogen) atoms. The van der Waals surface area contributed by atoms with Crippen LogP contribution in [0.15, 0.2) is 18.2 Å². The molecular weight excluding hydrogens is 492 g/mol. The van der Waals surface area contributed by atoms with Gasteiger partial charge in [0.2, 0.25) is 0 Å². The Hall–Kier alpha value is -3.25. The van der Waals surface area contributed by atoms with E-state index in [4.69, 9.17) is 21.7 Å². The number of nitro groups is 1. The second-order valence-electron chi connectivity index (χ2n) is 8.05. The number of fused-ring (bicyclic) bond motifs is 1. The number of carbonyl (C=O) groups excluding carboxylic acids is 2. The molecule has 1 aromatic heterocycles. The van der Waals surface area contributed by atoms with Crippen molar-refractivity contribution in [2.45, 2.75) is 59.0 Å². The predicted molar refractivity (Wildman–Crippen MR) is 137 cm³/mol. The van der Waals surface area contributed by atoms with E-state index < -0.39 is 22.9 Å². The number of thiophene rings is 1. The molecule has 188 valence electrons. The van der Waals surface area contributed by atoms with Crippen LogP contribution in [0.4, 0.5) is 10.7 Å². The van der Waals surface area contributed by atoms with Gasteiger partial charge >= 0.3 is 11.7 Å². The number of rotatable bonds is 7. The molecule has 0 radical (unpaired) electrons. The molecule has 0 fully saturated rings. The maximum absolute atomic E-state index is 12.7. The van der Waals surface area contributed by atoms with Crippen LogP contribution in [0.3, 0.4) is 0 Å². The van der Waals surface area contributed by atoms with Crippen molar-refractivity contribution in [1.29, 1.82) is 0 Å². The molecule has 1 heterocycles. The Balaban J connectivity index is 1.64. The fourth-order valence-electron chi connectivity index (χ4n) is 3.72. The number of hydrazine groups is 1. The van der Waals surface area contributed by atoms with Gasteiger partial charge < -0.3 is 14.8 Å². The van der Waals surface area contributed by atoms with Crippen molar-refractivity contribution in [1.82, 2.24) is 10.9 Å². The molecule has 10 nitrogen and oxygen atoms in total. The molecule has 2 aromatic rings. The predicted octanol–water partition coefficient (Wildman–Crippen LogP) is 4.20. The van der Waals surface area contributed by atoms with E-state index in [0.717, 1.165) is 42.5 Å². The van der Waals surface area contributed by atoms with Crippen LogP contribution >= 0.6 is 23.6 Å². The summed E-state index contributed by atoms with van der Waals surface area (Å²) in [6.45, 7) is 5.21. The van der Waals surface area contributed by atoms with Crippen LogP contribution in [0.25, 0.3) is 0 Å². The maximum atomic E-state index is 12.7. The number of hydrogen-bond donors (Lipinski definition) is 3. The van der Waals surface area contributed by atoms with Crippen LogP contribution in [0.5, 0.6) is 5.75 Å². The first-order valence-corrected chi connectivity index (χ1v) is 12.5. The molecular formula is C23H28N4O6S2. The quantitative estimate of drug-likeness (QED) is 0.162. The molecule has 1 amide bonds. The highest BCUT2D eigenvalue weighted by Crippen LogP contribution is 2.38. The maximum Gasteiger partial charge on any atom is 0.341 e. The topological polar surface area (TPSA) is 132 Å². The average molecular weight is 521 g/mol. The van der Waals surface area contributed by atoms with E-state index in [1.165, 1.54) is 30.4 Å². The minimum Gasteiger partial charge on any atom is -0.474 e. The number of ether oxygens (including phenoxy) is 2. The molecule has 1 aliphatic rings. The van der Waals surface area contributed by atoms with Crippen molar-refractivity contribution in [3.05, 3.63) is 49.9 Å². The number of benzene rings is 1. The summed E-state index contributed by atoms with van der Waals surface area (Å²) >= 11 is 6.77. The molecule has 0 spiro atoms. The summed E-state index contributed by atoms with van der Waals surface area (Å²) in [5, 5.41) is 14.9. The Kier molecular flexibility index (Phi) is 8.99. The first-order chi connectivity index (χ1) is 16.7. The van der Waals surface area contributed by atoms with Crippen molar-refractivity contribution in [3.8, 4) is 5.75 Å². The van der Waals surface area contributed by atoms with Crippen molar-refractivity contribution in [2.75, 3.05) is 11.9 Å². The van der Waals surface area contributed by atoms with Gasteiger partial charge in [0.15, 0.2) is 17.0 Å². The van der Waals surface area contributed by atoms with Crippen molar-refractivity contribution in [3.63, 3.8) is 0 Å². The van der Waals surface area contributed by atoms with Crippen molar-refractivity contribution in [2.24, 2.45) is 0 Å². The summed E-state index contributed by atoms with van der Waals surface area (Å²) in [6, 6.07) is 4.49. The number of nitro benzene ring substituents is 1. The van der Waals surface area contributed by atoms with Gasteiger partial charge in [-0.05, 0) is 75.9 Å². The number of anilines is 1. The molecule has 0 bridgehead atoms. The zero-order valence-electron chi connectivity index (χ0n) is 19.8. The van der Waals surface area contributed by atoms with Gasteiger partial charge in [0, 0.05) is 10.9 Å². The minimum absolute atomic E-state index is 0.0110. The number of nitrogens with zero attached hydrogens (tertiary/aromatic N) is 1. The fraction of sp³-hybridized carbons (Fsp3) is 0.435. The summed E-state index contributed by atoms with van der Waals surface area (Å²) < 4.78 is 10.8. The van der Waals surface area contributed by atoms with Crippen LogP contribution < -0.4 is 20.9 Å². The highest BCUT2D eigenvalue weighted by Gasteiger charge is 2.26. The van der Waals surface area contributed by atoms with Crippen LogP contribution in [0.2, 0.25) is 0 Å². The van der Waals surface area contributed by atoms with Gasteiger partial charge in [-0.25, -0.2) is 4.79 Å². The van der Waals surface area contributed by atoms with Gasteiger partial charge in [0.25, 0.3) is 5.91 Å². The van der Waals surface area contributed by atoms with Gasteiger partial charge in [-0.15, -0.1) is 11.3 Å². The third kappa shape index (κ3) is 6.67. The standard InChI is InChI=1S/C23H28N4O6S2/c1-4-32-22(29)19-15-8-6-5-7-9-18(15)35-21(19)24-23(34)26-25-20(28)14(3)33-17-11-10-13(2)12-16(17)27(30)31/h10-12,14H,4-9H2,1-3H3,(H,25,28)(H2,24,26,34)/t14-/m1/s1. The Labute approximate surface area is 212 Å². The highest BCUT2D eigenvalue weighted by molar-refractivity contribution is 7.80. The van der Waals surface area contributed by atoms with Crippen molar-refractivity contribution >= 4 is 51.2 Å². The van der Waals surface area contributed by atoms with Gasteiger partial charge in [0.05, 0.1) is 17.1 Å². The van der Waals surface area contributed by atoms with E-state index in [-0.39, 0.29) is 23.2 Å². The van der Waals surface area contributed by atoms with Crippen LogP contribution in [0, 0.1) is 17.0 Å². The third-order valence-electron chi connectivity index (χ3n) is 5.41. The lowest BCUT2D eigenvalue weighted by Gasteiger charge is -2.16. The SMILES string of the molecule is CCOC(=O)c1c(NC(=S)NNC(=O)[C@@H](C)Oc2ccc(C)cc2[N+](=O)[O-])sc2c1CCCCC2. The Morgan fingerprint density at radius 2 is 1.97 bits per heavy atom. The summed E-state index contributed by atoms with van der Waals surface area (Å²) in [4.78, 5) is 37.0. The van der Waals surface area contributed by atoms with Gasteiger partial charge in [0.1, 0.15) is 5.00 Å². The monoisotopic (exact) mass is 520 g/mol. The molecule has 3 N–H and O–H groups in total. The second kappa shape index (κ2) is 11.9. The average Bonchev–Trinajstić information content (AvgIpc) is 2.98. The Morgan fingerprint density at radius 1 is 1.23 bits per heavy atom. The van der Waals surface area contributed by atoms with Crippen molar-refractivity contribution < 1.29 is 24.0 Å². The zero-order valence-corrected chi connectivity index (χ0v) is 21.4. The molecule has 1 atom stereocenters. The van der Waals surface area contributed by atoms with E-state index in [1.54, 1.807) is 19.9 Å². The molecule has 1 aliphatic carbocycles. The molecule has 0 saturated carbocycles. The third-order valence-corrected chi connectivity index (χ3v) is 6.82. The number of aryl methyl sites for hydroxylation is 2. The lowest BCUT2D eigenvalue weighted by Crippen LogP contribution is -2.48. The Morgan fingerprint density at radius 3 is 2.69 bits per heavy atom. The van der Waals surface area contributed by atoms with Crippen LogP contribution in [0.1, 0.15) is 59.5 Å². The zero-order chi connectivity index (χ0) is 25.5. The van der Waals surface area contributed by atoms with E-state index in [2.05, 4.69) is 16.2 Å². The highest BCUT2D eigenvalue weighted by atomic mass is 32.1. The summed E-state index contributed by atoms with van der Waals surface area (Å²) in [7, 11) is 0. The largest absolute Gasteiger partial charge is 0.474 e. The number of hydrogen-bond acceptors (Lipinski definition) is 8. The summed E-state index contributed by atoms with van der Waals surface area (Å²) in [5.74, 6) is -0.998. The van der Waals surface area contributed by atoms with Crippen LogP contribution in [-0.4, -0.2) is 34.6 Å². The normalized spacial score (nSPS) is 13.6. The summed E-state index contributed by atoms with van der Waals surface area (Å²) in [5.41, 5.74) is 7.00. The first kappa shape index (κ1) is 26.4. The number of nitrogens with one attached hydrogen (secondary N) is 3. The lowest BCUT2D eigenvalue weighted by molar-refractivity contribution is -0.386. The lowest BCUT2D eigenvalue weighted by atomic mass is 10.1. The van der Waals surface area contributed by atoms with Gasteiger partial charge in [-0.1, -0.05) is 12.5 Å². The fourth-order valence-corrected chi connectivity index (χ4v) is 5.22. The molecule has 0 unspecified atom stereocenters. The Bertz CT molecular complexity index is 1130. The van der Waals surface area contributed by atoms with Crippen LogP contribution in [-0.2, 0) is 22.4 Å².